The molecule has 0 heterocycles. The maximum atomic E-state index is 8.93. The second-order valence-electron chi connectivity index (χ2n) is 2.11. The lowest BCUT2D eigenvalue weighted by Crippen LogP contribution is -1.87. The van der Waals surface area contributed by atoms with Gasteiger partial charge >= 0.3 is 0 Å². The lowest BCUT2D eigenvalue weighted by atomic mass is 10.1. The number of aromatic hydroxyl groups is 1. The molecule has 0 bridgehead atoms. The van der Waals surface area contributed by atoms with Crippen LogP contribution in [0.3, 0.4) is 0 Å². The van der Waals surface area contributed by atoms with Crippen LogP contribution in [-0.4, -0.2) is 10.2 Å². The molecule has 0 spiro atoms. The molecule has 0 aliphatic carbocycles. The number of hydrogen-bond acceptors (Lipinski definition) is 3. The Balaban J connectivity index is 3.19. The van der Waals surface area contributed by atoms with Crippen molar-refractivity contribution in [1.82, 2.24) is 0 Å². The summed E-state index contributed by atoms with van der Waals surface area (Å²) >= 11 is 0. The van der Waals surface area contributed by atoms with Crippen LogP contribution in [0.1, 0.15) is 11.1 Å². The minimum Gasteiger partial charge on any atom is -0.508 e. The Labute approximate surface area is 64.1 Å². The molecular formula is C8H7NO2. The third-order valence-electron chi connectivity index (χ3n) is 1.38. The molecule has 2 N–H and O–H groups in total. The predicted molar refractivity (Wildman–Crippen MR) is 38.7 cm³/mol. The summed E-state index contributed by atoms with van der Waals surface area (Å²) in [6.45, 7) is -0.177. The van der Waals surface area contributed by atoms with Crippen molar-refractivity contribution >= 4 is 0 Å². The molecule has 0 aliphatic rings. The standard InChI is InChI=1S/C8H7NO2/c9-4-7-3-8(11)2-1-6(7)5-10/h1-3,10-11H,5H2. The van der Waals surface area contributed by atoms with Gasteiger partial charge in [0.25, 0.3) is 0 Å². The van der Waals surface area contributed by atoms with E-state index in [9.17, 15) is 0 Å². The van der Waals surface area contributed by atoms with E-state index in [1.54, 1.807) is 0 Å². The van der Waals surface area contributed by atoms with E-state index in [-0.39, 0.29) is 12.4 Å². The molecule has 11 heavy (non-hydrogen) atoms. The molecule has 0 saturated heterocycles. The van der Waals surface area contributed by atoms with Gasteiger partial charge in [-0.05, 0) is 17.7 Å². The minimum absolute atomic E-state index is 0.0405. The third-order valence-corrected chi connectivity index (χ3v) is 1.38. The molecule has 0 fully saturated rings. The van der Waals surface area contributed by atoms with E-state index in [4.69, 9.17) is 15.5 Å². The highest BCUT2D eigenvalue weighted by Gasteiger charge is 2.00. The van der Waals surface area contributed by atoms with E-state index in [2.05, 4.69) is 0 Å². The van der Waals surface area contributed by atoms with Crippen LogP contribution < -0.4 is 0 Å². The van der Waals surface area contributed by atoms with E-state index in [0.717, 1.165) is 0 Å². The van der Waals surface area contributed by atoms with Crippen molar-refractivity contribution in [2.24, 2.45) is 0 Å². The molecule has 0 aromatic heterocycles. The number of aliphatic hydroxyl groups is 1. The number of phenols is 1. The maximum absolute atomic E-state index is 8.93. The van der Waals surface area contributed by atoms with Crippen LogP contribution in [0.15, 0.2) is 18.2 Å². The summed E-state index contributed by atoms with van der Waals surface area (Å²) in [5, 5.41) is 26.1. The van der Waals surface area contributed by atoms with E-state index in [1.807, 2.05) is 6.07 Å². The third kappa shape index (κ3) is 1.48. The monoisotopic (exact) mass is 149 g/mol. The van der Waals surface area contributed by atoms with Gasteiger partial charge in [0.15, 0.2) is 0 Å². The van der Waals surface area contributed by atoms with E-state index in [0.29, 0.717) is 11.1 Å². The van der Waals surface area contributed by atoms with Gasteiger partial charge in [-0.25, -0.2) is 0 Å². The van der Waals surface area contributed by atoms with Crippen molar-refractivity contribution in [3.8, 4) is 11.8 Å². The molecule has 0 atom stereocenters. The molecule has 1 aromatic carbocycles. The van der Waals surface area contributed by atoms with E-state index < -0.39 is 0 Å². The Bertz CT molecular complexity index is 301. The number of phenolic OH excluding ortho intramolecular Hbond substituents is 1. The van der Waals surface area contributed by atoms with Crippen molar-refractivity contribution < 1.29 is 10.2 Å². The Morgan fingerprint density at radius 1 is 1.45 bits per heavy atom. The number of benzene rings is 1. The fraction of sp³-hybridized carbons (Fsp3) is 0.125. The number of rotatable bonds is 1. The van der Waals surface area contributed by atoms with Crippen molar-refractivity contribution in [1.29, 1.82) is 5.26 Å². The topological polar surface area (TPSA) is 64.2 Å². The largest absolute Gasteiger partial charge is 0.508 e. The van der Waals surface area contributed by atoms with Crippen LogP contribution in [0, 0.1) is 11.3 Å². The lowest BCUT2D eigenvalue weighted by Gasteiger charge is -1.98. The number of aliphatic hydroxyl groups excluding tert-OH is 1. The molecule has 56 valence electrons. The van der Waals surface area contributed by atoms with Crippen LogP contribution in [0.2, 0.25) is 0 Å². The van der Waals surface area contributed by atoms with Gasteiger partial charge in [-0.2, -0.15) is 5.26 Å². The molecular weight excluding hydrogens is 142 g/mol. The summed E-state index contributed by atoms with van der Waals surface area (Å²) in [5.41, 5.74) is 0.845. The van der Waals surface area contributed by atoms with Crippen molar-refractivity contribution in [2.75, 3.05) is 0 Å². The quantitative estimate of drug-likeness (QED) is 0.619. The first-order valence-corrected chi connectivity index (χ1v) is 3.11. The smallest absolute Gasteiger partial charge is 0.116 e. The number of hydrogen-bond donors (Lipinski definition) is 2. The van der Waals surface area contributed by atoms with E-state index in [1.165, 1.54) is 18.2 Å². The number of nitrogens with zero attached hydrogens (tertiary/aromatic N) is 1. The molecule has 3 nitrogen and oxygen atoms in total. The van der Waals surface area contributed by atoms with Gasteiger partial charge in [0, 0.05) is 0 Å². The zero-order valence-electron chi connectivity index (χ0n) is 5.78. The fourth-order valence-electron chi connectivity index (χ4n) is 0.806. The molecule has 0 saturated carbocycles. The summed E-state index contributed by atoms with van der Waals surface area (Å²) < 4.78 is 0. The van der Waals surface area contributed by atoms with Gasteiger partial charge in [-0.1, -0.05) is 6.07 Å². The van der Waals surface area contributed by atoms with Gasteiger partial charge in [0.1, 0.15) is 5.75 Å². The predicted octanol–water partition coefficient (Wildman–Crippen LogP) is 0.756. The average molecular weight is 149 g/mol. The molecule has 0 amide bonds. The first-order chi connectivity index (χ1) is 5.27. The van der Waals surface area contributed by atoms with Crippen LogP contribution >= 0.6 is 0 Å². The average Bonchev–Trinajstić information content (AvgIpc) is 2.04. The highest BCUT2D eigenvalue weighted by Crippen LogP contribution is 2.15. The first-order valence-electron chi connectivity index (χ1n) is 3.11. The highest BCUT2D eigenvalue weighted by molar-refractivity contribution is 5.42. The first kappa shape index (κ1) is 7.58. The Morgan fingerprint density at radius 3 is 2.73 bits per heavy atom. The lowest BCUT2D eigenvalue weighted by molar-refractivity contribution is 0.281. The summed E-state index contributed by atoms with van der Waals surface area (Å²) in [6.07, 6.45) is 0. The molecule has 0 radical (unpaired) electrons. The van der Waals surface area contributed by atoms with Crippen molar-refractivity contribution in [3.63, 3.8) is 0 Å². The SMILES string of the molecule is N#Cc1cc(O)ccc1CO. The van der Waals surface area contributed by atoms with Gasteiger partial charge in [0.2, 0.25) is 0 Å². The minimum atomic E-state index is -0.177. The Morgan fingerprint density at radius 2 is 2.18 bits per heavy atom. The molecule has 0 unspecified atom stereocenters. The second-order valence-corrected chi connectivity index (χ2v) is 2.11. The Kier molecular flexibility index (Phi) is 2.09. The van der Waals surface area contributed by atoms with Crippen molar-refractivity contribution in [3.05, 3.63) is 29.3 Å². The van der Waals surface area contributed by atoms with Crippen LogP contribution in [0.4, 0.5) is 0 Å². The molecule has 1 aromatic rings. The van der Waals surface area contributed by atoms with Gasteiger partial charge in [0.05, 0.1) is 18.2 Å². The summed E-state index contributed by atoms with van der Waals surface area (Å²) in [4.78, 5) is 0. The van der Waals surface area contributed by atoms with Gasteiger partial charge in [-0.3, -0.25) is 0 Å². The zero-order valence-corrected chi connectivity index (χ0v) is 5.78. The van der Waals surface area contributed by atoms with Crippen LogP contribution in [0.5, 0.6) is 5.75 Å². The maximum Gasteiger partial charge on any atom is 0.116 e. The normalized spacial score (nSPS) is 9.09. The number of nitriles is 1. The fourth-order valence-corrected chi connectivity index (χ4v) is 0.806. The van der Waals surface area contributed by atoms with Crippen molar-refractivity contribution in [2.45, 2.75) is 6.61 Å². The summed E-state index contributed by atoms with van der Waals surface area (Å²) in [7, 11) is 0. The summed E-state index contributed by atoms with van der Waals surface area (Å²) in [6, 6.07) is 6.15. The second kappa shape index (κ2) is 3.04. The van der Waals surface area contributed by atoms with Crippen LogP contribution in [-0.2, 0) is 6.61 Å². The zero-order chi connectivity index (χ0) is 8.27. The van der Waals surface area contributed by atoms with Crippen LogP contribution in [0.25, 0.3) is 0 Å². The molecule has 1 rings (SSSR count). The van der Waals surface area contributed by atoms with E-state index >= 15 is 0 Å². The Hall–Kier alpha value is -1.53. The van der Waals surface area contributed by atoms with Gasteiger partial charge in [-0.15, -0.1) is 0 Å². The summed E-state index contributed by atoms with van der Waals surface area (Å²) in [5.74, 6) is 0.0405. The van der Waals surface area contributed by atoms with Gasteiger partial charge < -0.3 is 10.2 Å². The highest BCUT2D eigenvalue weighted by atomic mass is 16.3. The molecule has 0 aliphatic heterocycles. The molecule has 3 heteroatoms.